The van der Waals surface area contributed by atoms with Crippen molar-refractivity contribution >= 4 is 33.2 Å². The van der Waals surface area contributed by atoms with Crippen LogP contribution in [0.2, 0.25) is 5.02 Å². The van der Waals surface area contributed by atoms with Gasteiger partial charge in [-0.25, -0.2) is 8.42 Å². The third-order valence-electron chi connectivity index (χ3n) is 4.56. The maximum atomic E-state index is 12.7. The van der Waals surface area contributed by atoms with E-state index in [-0.39, 0.29) is 17.4 Å². The van der Waals surface area contributed by atoms with E-state index in [4.69, 9.17) is 21.1 Å². The molecule has 3 rings (SSSR count). The maximum Gasteiger partial charge on any atom is 0.261 e. The number of hydrogen-bond donors (Lipinski definition) is 2. The zero-order chi connectivity index (χ0) is 23.1. The highest BCUT2D eigenvalue weighted by atomic mass is 35.5. The number of nitrogens with one attached hydrogen (secondary N) is 2. The van der Waals surface area contributed by atoms with Gasteiger partial charge in [0, 0.05) is 17.3 Å². The largest absolute Gasteiger partial charge is 0.497 e. The van der Waals surface area contributed by atoms with Crippen LogP contribution < -0.4 is 19.5 Å². The van der Waals surface area contributed by atoms with E-state index >= 15 is 0 Å². The Balaban J connectivity index is 1.57. The van der Waals surface area contributed by atoms with Crippen LogP contribution in [0, 0.1) is 6.92 Å². The summed E-state index contributed by atoms with van der Waals surface area (Å²) in [5.41, 5.74) is 1.92. The average Bonchev–Trinajstić information content (AvgIpc) is 2.78. The van der Waals surface area contributed by atoms with E-state index in [1.807, 2.05) is 12.1 Å². The van der Waals surface area contributed by atoms with Crippen molar-refractivity contribution in [2.24, 2.45) is 0 Å². The lowest BCUT2D eigenvalue weighted by Gasteiger charge is -2.13. The molecule has 0 heterocycles. The molecule has 0 fully saturated rings. The SMILES string of the molecule is COc1ccc(NS(=O)(=O)c2ccc(OCC(=O)NCc3ccc(Cl)cc3)c(C)c2)cc1. The molecular formula is C23H23ClN2O5S. The Morgan fingerprint density at radius 3 is 2.31 bits per heavy atom. The van der Waals surface area contributed by atoms with E-state index in [1.165, 1.54) is 25.3 Å². The van der Waals surface area contributed by atoms with Crippen LogP contribution in [-0.2, 0) is 21.4 Å². The van der Waals surface area contributed by atoms with Crippen molar-refractivity contribution < 1.29 is 22.7 Å². The van der Waals surface area contributed by atoms with E-state index in [2.05, 4.69) is 10.0 Å². The number of benzene rings is 3. The number of carbonyl (C=O) groups excluding carboxylic acids is 1. The van der Waals surface area contributed by atoms with Gasteiger partial charge in [-0.3, -0.25) is 9.52 Å². The number of amides is 1. The van der Waals surface area contributed by atoms with Crippen LogP contribution in [0.1, 0.15) is 11.1 Å². The smallest absolute Gasteiger partial charge is 0.261 e. The minimum Gasteiger partial charge on any atom is -0.497 e. The highest BCUT2D eigenvalue weighted by molar-refractivity contribution is 7.92. The number of aryl methyl sites for hydroxylation is 1. The molecule has 0 spiro atoms. The van der Waals surface area contributed by atoms with Crippen LogP contribution in [0.4, 0.5) is 5.69 Å². The van der Waals surface area contributed by atoms with Gasteiger partial charge >= 0.3 is 0 Å². The van der Waals surface area contributed by atoms with Gasteiger partial charge < -0.3 is 14.8 Å². The van der Waals surface area contributed by atoms with Crippen molar-refractivity contribution in [3.8, 4) is 11.5 Å². The summed E-state index contributed by atoms with van der Waals surface area (Å²) >= 11 is 5.84. The second kappa shape index (κ2) is 10.4. The van der Waals surface area contributed by atoms with E-state index in [9.17, 15) is 13.2 Å². The number of hydrogen-bond acceptors (Lipinski definition) is 5. The molecular weight excluding hydrogens is 452 g/mol. The fourth-order valence-electron chi connectivity index (χ4n) is 2.82. The molecule has 0 saturated heterocycles. The quantitative estimate of drug-likeness (QED) is 0.486. The van der Waals surface area contributed by atoms with Crippen molar-refractivity contribution in [3.05, 3.63) is 82.9 Å². The van der Waals surface area contributed by atoms with Gasteiger partial charge in [-0.2, -0.15) is 0 Å². The molecule has 168 valence electrons. The Morgan fingerprint density at radius 1 is 1.00 bits per heavy atom. The third-order valence-corrected chi connectivity index (χ3v) is 6.19. The molecule has 3 aromatic rings. The summed E-state index contributed by atoms with van der Waals surface area (Å²) in [6, 6.07) is 18.2. The first-order valence-electron chi connectivity index (χ1n) is 9.68. The van der Waals surface area contributed by atoms with E-state index in [0.717, 1.165) is 5.56 Å². The van der Waals surface area contributed by atoms with E-state index < -0.39 is 10.0 Å². The van der Waals surface area contributed by atoms with Gasteiger partial charge in [0.05, 0.1) is 12.0 Å². The van der Waals surface area contributed by atoms with Gasteiger partial charge in [-0.05, 0) is 72.6 Å². The second-order valence-electron chi connectivity index (χ2n) is 6.95. The molecule has 0 saturated carbocycles. The van der Waals surface area contributed by atoms with Crippen LogP contribution in [0.25, 0.3) is 0 Å². The van der Waals surface area contributed by atoms with Gasteiger partial charge in [0.1, 0.15) is 11.5 Å². The molecule has 0 aliphatic carbocycles. The number of rotatable bonds is 9. The number of sulfonamides is 1. The zero-order valence-electron chi connectivity index (χ0n) is 17.6. The minimum atomic E-state index is -3.78. The summed E-state index contributed by atoms with van der Waals surface area (Å²) in [5.74, 6) is 0.759. The summed E-state index contributed by atoms with van der Waals surface area (Å²) in [4.78, 5) is 12.2. The molecule has 0 aromatic heterocycles. The number of methoxy groups -OCH3 is 1. The summed E-state index contributed by atoms with van der Waals surface area (Å²) in [7, 11) is -2.24. The van der Waals surface area contributed by atoms with Gasteiger partial charge in [0.15, 0.2) is 6.61 Å². The van der Waals surface area contributed by atoms with Crippen LogP contribution >= 0.6 is 11.6 Å². The van der Waals surface area contributed by atoms with Gasteiger partial charge in [-0.1, -0.05) is 23.7 Å². The van der Waals surface area contributed by atoms with E-state index in [0.29, 0.717) is 34.3 Å². The molecule has 0 unspecified atom stereocenters. The Kier molecular flexibility index (Phi) is 7.61. The molecule has 0 aliphatic rings. The fourth-order valence-corrected chi connectivity index (χ4v) is 4.09. The van der Waals surface area contributed by atoms with Crippen molar-refractivity contribution in [3.63, 3.8) is 0 Å². The van der Waals surface area contributed by atoms with Crippen LogP contribution in [0.3, 0.4) is 0 Å². The number of halogens is 1. The first-order valence-corrected chi connectivity index (χ1v) is 11.5. The fraction of sp³-hybridized carbons (Fsp3) is 0.174. The van der Waals surface area contributed by atoms with Crippen molar-refractivity contribution in [1.82, 2.24) is 5.32 Å². The molecule has 9 heteroatoms. The third kappa shape index (κ3) is 6.38. The lowest BCUT2D eigenvalue weighted by Crippen LogP contribution is -2.28. The first kappa shape index (κ1) is 23.4. The topological polar surface area (TPSA) is 93.7 Å². The van der Waals surface area contributed by atoms with Crippen LogP contribution in [-0.4, -0.2) is 28.0 Å². The minimum absolute atomic E-state index is 0.0883. The predicted molar refractivity (Wildman–Crippen MR) is 124 cm³/mol. The summed E-state index contributed by atoms with van der Waals surface area (Å²) in [6.07, 6.45) is 0. The molecule has 32 heavy (non-hydrogen) atoms. The van der Waals surface area contributed by atoms with Crippen molar-refractivity contribution in [1.29, 1.82) is 0 Å². The summed E-state index contributed by atoms with van der Waals surface area (Å²) in [6.45, 7) is 1.88. The van der Waals surface area contributed by atoms with Crippen LogP contribution in [0.5, 0.6) is 11.5 Å². The Bertz CT molecular complexity index is 1180. The summed E-state index contributed by atoms with van der Waals surface area (Å²) in [5, 5.41) is 3.39. The molecule has 0 radical (unpaired) electrons. The van der Waals surface area contributed by atoms with Gasteiger partial charge in [0.25, 0.3) is 15.9 Å². The number of anilines is 1. The Hall–Kier alpha value is -3.23. The molecule has 0 bridgehead atoms. The lowest BCUT2D eigenvalue weighted by atomic mass is 10.2. The average molecular weight is 475 g/mol. The number of carbonyl (C=O) groups is 1. The molecule has 3 aromatic carbocycles. The molecule has 7 nitrogen and oxygen atoms in total. The van der Waals surface area contributed by atoms with E-state index in [1.54, 1.807) is 43.3 Å². The summed E-state index contributed by atoms with van der Waals surface area (Å²) < 4.78 is 38.5. The Morgan fingerprint density at radius 2 is 1.69 bits per heavy atom. The normalized spacial score (nSPS) is 11.0. The Labute approximate surface area is 192 Å². The predicted octanol–water partition coefficient (Wildman–Crippen LogP) is 4.15. The lowest BCUT2D eigenvalue weighted by molar-refractivity contribution is -0.123. The van der Waals surface area contributed by atoms with Gasteiger partial charge in [0.2, 0.25) is 0 Å². The standard InChI is InChI=1S/C23H23ClN2O5S/c1-16-13-21(32(28,29)26-19-7-9-20(30-2)10-8-19)11-12-22(16)31-15-23(27)25-14-17-3-5-18(24)6-4-17/h3-13,26H,14-15H2,1-2H3,(H,25,27). The monoisotopic (exact) mass is 474 g/mol. The van der Waals surface area contributed by atoms with Crippen molar-refractivity contribution in [2.75, 3.05) is 18.4 Å². The highest BCUT2D eigenvalue weighted by Gasteiger charge is 2.16. The molecule has 0 atom stereocenters. The molecule has 0 aliphatic heterocycles. The van der Waals surface area contributed by atoms with Crippen LogP contribution in [0.15, 0.2) is 71.6 Å². The molecule has 1 amide bonds. The first-order chi connectivity index (χ1) is 15.3. The maximum absolute atomic E-state index is 12.7. The van der Waals surface area contributed by atoms with Gasteiger partial charge in [-0.15, -0.1) is 0 Å². The molecule has 2 N–H and O–H groups in total. The second-order valence-corrected chi connectivity index (χ2v) is 9.07. The van der Waals surface area contributed by atoms with Crippen molar-refractivity contribution in [2.45, 2.75) is 18.4 Å². The highest BCUT2D eigenvalue weighted by Crippen LogP contribution is 2.24. The zero-order valence-corrected chi connectivity index (χ0v) is 19.2. The number of ether oxygens (including phenoxy) is 2.